The van der Waals surface area contributed by atoms with Gasteiger partial charge in [-0.2, -0.15) is 0 Å². The molecule has 1 aliphatic rings. The van der Waals surface area contributed by atoms with E-state index in [1.165, 1.54) is 15.9 Å². The molecule has 0 saturated heterocycles. The van der Waals surface area contributed by atoms with Crippen LogP contribution in [0.25, 0.3) is 0 Å². The van der Waals surface area contributed by atoms with E-state index in [0.717, 1.165) is 29.9 Å². The fourth-order valence-corrected chi connectivity index (χ4v) is 13.9. The number of nitrogens with zero attached hydrogens (tertiary/aromatic N) is 2. The zero-order valence-corrected chi connectivity index (χ0v) is 27.1. The Morgan fingerprint density at radius 2 is 1.29 bits per heavy atom. The van der Waals surface area contributed by atoms with E-state index in [2.05, 4.69) is 129 Å². The summed E-state index contributed by atoms with van der Waals surface area (Å²) in [6.45, 7) is 0.627. The zero-order valence-electron chi connectivity index (χ0n) is 23.3. The topological polar surface area (TPSA) is 74.7 Å². The van der Waals surface area contributed by atoms with Crippen molar-refractivity contribution >= 4 is 54.1 Å². The van der Waals surface area contributed by atoms with Gasteiger partial charge in [-0.15, -0.1) is 0 Å². The summed E-state index contributed by atoms with van der Waals surface area (Å²) in [6.07, 6.45) is 1.66. The summed E-state index contributed by atoms with van der Waals surface area (Å²) < 4.78 is 5.44. The Balaban J connectivity index is 0.00000387. The number of halogens is 2. The second-order valence-electron chi connectivity index (χ2n) is 10.1. The van der Waals surface area contributed by atoms with Gasteiger partial charge in [-0.3, -0.25) is 0 Å². The molecule has 41 heavy (non-hydrogen) atoms. The predicted molar refractivity (Wildman–Crippen MR) is 178 cm³/mol. The first kappa shape index (κ1) is 30.8. The largest absolute Gasteiger partial charge is 1.00 e. The minimum absolute atomic E-state index is 0. The predicted octanol–water partition coefficient (Wildman–Crippen LogP) is 1.47. The van der Waals surface area contributed by atoms with Gasteiger partial charge < -0.3 is 12.4 Å². The number of guanidine groups is 2. The second kappa shape index (κ2) is 13.2. The molecule has 0 radical (unpaired) electrons. The van der Waals surface area contributed by atoms with Crippen LogP contribution in [0.5, 0.6) is 5.75 Å². The summed E-state index contributed by atoms with van der Waals surface area (Å²) in [7, 11) is 3.90. The van der Waals surface area contributed by atoms with Crippen molar-refractivity contribution in [2.75, 3.05) is 26.9 Å². The number of ether oxygens (including phenoxy) is 1. The normalized spacial score (nSPS) is 15.7. The zero-order chi connectivity index (χ0) is 28.0. The molecule has 0 aliphatic carbocycles. The van der Waals surface area contributed by atoms with Gasteiger partial charge in [-0.1, -0.05) is 0 Å². The smallest absolute Gasteiger partial charge is 1.00 e. The van der Waals surface area contributed by atoms with Crippen LogP contribution in [0.2, 0.25) is 0 Å². The molecule has 0 spiro atoms. The van der Waals surface area contributed by atoms with E-state index in [4.69, 9.17) is 10.5 Å². The average Bonchev–Trinajstić information content (AvgIpc) is 3.00. The molecule has 1 unspecified atom stereocenters. The maximum Gasteiger partial charge on any atom is -1.00 e. The molecule has 0 aromatic heterocycles. The summed E-state index contributed by atoms with van der Waals surface area (Å²) in [6, 6.07) is 41.2. The number of benzene rings is 4. The first-order chi connectivity index (χ1) is 19.4. The molecule has 0 fully saturated rings. The molecule has 0 saturated carbocycles. The molecular formula is C32H36ClIN5OP. The minimum atomic E-state index is -2.79. The minimum Gasteiger partial charge on any atom is -1.00 e. The third kappa shape index (κ3) is 6.37. The van der Waals surface area contributed by atoms with Gasteiger partial charge >= 0.3 is 237 Å². The number of rotatable bonds is 9. The van der Waals surface area contributed by atoms with Crippen LogP contribution in [0.4, 0.5) is 0 Å². The number of aliphatic imine (C=N–C) groups is 1. The van der Waals surface area contributed by atoms with Crippen LogP contribution in [0, 0.1) is 0 Å². The molecule has 9 heteroatoms. The Morgan fingerprint density at radius 1 is 0.805 bits per heavy atom. The molecule has 4 aromatic carbocycles. The third-order valence-electron chi connectivity index (χ3n) is 7.31. The SMILES string of the molecule is C[N+](C)=C1NC(N)=NC(c2ccc(OCCCP(I)(c3ccccc3)(c3ccccc3)c3ccccc3)cc2)N1.[Cl-]. The Bertz CT molecular complexity index is 1400. The van der Waals surface area contributed by atoms with Gasteiger partial charge in [0.15, 0.2) is 0 Å². The summed E-state index contributed by atoms with van der Waals surface area (Å²) in [5.74, 6) is 2.05. The number of nitrogens with one attached hydrogen (secondary N) is 2. The van der Waals surface area contributed by atoms with E-state index in [1.807, 2.05) is 42.9 Å². The monoisotopic (exact) mass is 699 g/mol. The van der Waals surface area contributed by atoms with Gasteiger partial charge in [0.2, 0.25) is 0 Å². The molecule has 1 aliphatic heterocycles. The molecule has 0 bridgehead atoms. The Labute approximate surface area is 261 Å². The number of hydrogen-bond donors (Lipinski definition) is 3. The molecule has 4 aromatic rings. The van der Waals surface area contributed by atoms with Crippen molar-refractivity contribution in [1.29, 1.82) is 0 Å². The van der Waals surface area contributed by atoms with E-state index in [1.54, 1.807) is 0 Å². The van der Waals surface area contributed by atoms with Crippen LogP contribution >= 0.6 is 26.3 Å². The first-order valence-electron chi connectivity index (χ1n) is 13.4. The standard InChI is InChI=1S/C32H35IN5OP.ClH/c1-38(2)32-36-30(35-31(34)37-32)25-19-21-26(22-20-25)39-23-12-24-40(33,27-13-6-3-7-14-27,28-15-8-4-9-16-28)29-17-10-5-11-18-29;/h3-11,13-22,30H,12,23-24H2,1-2H3,(H3,34,35,36,37);1H. The van der Waals surface area contributed by atoms with Gasteiger partial charge in [-0.25, -0.2) is 0 Å². The third-order valence-corrected chi connectivity index (χ3v) is 19.0. The Morgan fingerprint density at radius 3 is 1.76 bits per heavy atom. The number of nitrogens with two attached hydrogens (primary N) is 1. The van der Waals surface area contributed by atoms with Gasteiger partial charge in [0.1, 0.15) is 0 Å². The van der Waals surface area contributed by atoms with E-state index < -0.39 is 4.25 Å². The fraction of sp³-hybridized carbons (Fsp3) is 0.188. The summed E-state index contributed by atoms with van der Waals surface area (Å²) in [4.78, 5) is 4.50. The number of hydrogen-bond acceptors (Lipinski definition) is 3. The van der Waals surface area contributed by atoms with Crippen LogP contribution in [0.3, 0.4) is 0 Å². The van der Waals surface area contributed by atoms with Gasteiger partial charge in [0.05, 0.1) is 14.1 Å². The molecule has 1 atom stereocenters. The van der Waals surface area contributed by atoms with E-state index in [-0.39, 0.29) is 18.6 Å². The molecule has 5 rings (SSSR count). The van der Waals surface area contributed by atoms with Crippen molar-refractivity contribution in [2.24, 2.45) is 10.7 Å². The molecule has 6 nitrogen and oxygen atoms in total. The first-order valence-corrected chi connectivity index (χ1v) is 18.6. The fourth-order valence-electron chi connectivity index (χ4n) is 5.24. The van der Waals surface area contributed by atoms with Crippen LogP contribution in [0.15, 0.2) is 120 Å². The molecule has 214 valence electrons. The summed E-state index contributed by atoms with van der Waals surface area (Å²) >= 11 is 2.83. The Hall–Kier alpha value is -3.13. The second-order valence-corrected chi connectivity index (χ2v) is 20.9. The maximum absolute atomic E-state index is 6.29. The van der Waals surface area contributed by atoms with E-state index in [0.29, 0.717) is 12.6 Å². The molecule has 4 N–H and O–H groups in total. The summed E-state index contributed by atoms with van der Waals surface area (Å²) in [5, 5.41) is 10.6. The van der Waals surface area contributed by atoms with Gasteiger partial charge in [-0.05, 0) is 0 Å². The van der Waals surface area contributed by atoms with Gasteiger partial charge in [0, 0.05) is 0 Å². The van der Waals surface area contributed by atoms with Crippen molar-refractivity contribution in [3.8, 4) is 5.75 Å². The van der Waals surface area contributed by atoms with Crippen molar-refractivity contribution in [3.05, 3.63) is 121 Å². The summed E-state index contributed by atoms with van der Waals surface area (Å²) in [5.41, 5.74) is 7.02. The van der Waals surface area contributed by atoms with E-state index >= 15 is 0 Å². The quantitative estimate of drug-likeness (QED) is 0.107. The molecule has 0 amide bonds. The molecular weight excluding hydrogens is 664 g/mol. The van der Waals surface area contributed by atoms with Crippen LogP contribution in [0.1, 0.15) is 18.2 Å². The Kier molecular flexibility index (Phi) is 9.95. The van der Waals surface area contributed by atoms with Gasteiger partial charge in [0.25, 0.3) is 0 Å². The average molecular weight is 700 g/mol. The van der Waals surface area contributed by atoms with Crippen molar-refractivity contribution < 1.29 is 21.7 Å². The van der Waals surface area contributed by atoms with Crippen molar-refractivity contribution in [1.82, 2.24) is 10.6 Å². The van der Waals surface area contributed by atoms with Crippen LogP contribution in [-0.4, -0.2) is 43.4 Å². The van der Waals surface area contributed by atoms with E-state index in [9.17, 15) is 0 Å². The maximum atomic E-state index is 6.29. The van der Waals surface area contributed by atoms with Crippen LogP contribution in [-0.2, 0) is 0 Å². The molecule has 1 heterocycles. The van der Waals surface area contributed by atoms with Crippen molar-refractivity contribution in [3.63, 3.8) is 0 Å². The van der Waals surface area contributed by atoms with Crippen molar-refractivity contribution in [2.45, 2.75) is 12.6 Å². The van der Waals surface area contributed by atoms with Crippen LogP contribution < -0.4 is 49.4 Å².